The zero-order valence-corrected chi connectivity index (χ0v) is 11.5. The molecule has 1 aliphatic heterocycles. The van der Waals surface area contributed by atoms with Gasteiger partial charge in [0.1, 0.15) is 5.82 Å². The summed E-state index contributed by atoms with van der Waals surface area (Å²) in [6, 6.07) is 1.36. The number of fused-ring (bicyclic) bond motifs is 1. The second-order valence-electron chi connectivity index (χ2n) is 5.19. The Morgan fingerprint density at radius 1 is 1.23 bits per heavy atom. The Kier molecular flexibility index (Phi) is 3.61. The van der Waals surface area contributed by atoms with Gasteiger partial charge in [-0.05, 0) is 6.07 Å². The highest BCUT2D eigenvalue weighted by Gasteiger charge is 2.22. The van der Waals surface area contributed by atoms with E-state index < -0.39 is 17.5 Å². The lowest BCUT2D eigenvalue weighted by molar-refractivity contribution is 0.238. The van der Waals surface area contributed by atoms with E-state index in [9.17, 15) is 18.0 Å². The van der Waals surface area contributed by atoms with Gasteiger partial charge in [0.2, 0.25) is 5.95 Å². The molecule has 8 heteroatoms. The third-order valence-electron chi connectivity index (χ3n) is 3.65. The van der Waals surface area contributed by atoms with Gasteiger partial charge in [-0.1, -0.05) is 0 Å². The lowest BCUT2D eigenvalue weighted by atomic mass is 10.1. The van der Waals surface area contributed by atoms with Crippen LogP contribution in [0.1, 0.15) is 16.8 Å². The Bertz CT molecular complexity index is 790. The van der Waals surface area contributed by atoms with Crippen LogP contribution in [0.2, 0.25) is 0 Å². The predicted octanol–water partition coefficient (Wildman–Crippen LogP) is 1.33. The van der Waals surface area contributed by atoms with Crippen molar-refractivity contribution in [2.24, 2.45) is 0 Å². The van der Waals surface area contributed by atoms with E-state index in [4.69, 9.17) is 5.73 Å². The van der Waals surface area contributed by atoms with Crippen LogP contribution in [0.4, 0.5) is 19.1 Å². The van der Waals surface area contributed by atoms with E-state index in [1.54, 1.807) is 4.90 Å². The Morgan fingerprint density at radius 3 is 2.73 bits per heavy atom. The molecule has 116 valence electrons. The Labute approximate surface area is 123 Å². The van der Waals surface area contributed by atoms with E-state index in [1.807, 2.05) is 0 Å². The van der Waals surface area contributed by atoms with Crippen molar-refractivity contribution in [2.45, 2.75) is 19.5 Å². The predicted molar refractivity (Wildman–Crippen MR) is 73.4 cm³/mol. The lowest BCUT2D eigenvalue weighted by Gasteiger charge is -2.27. The highest BCUT2D eigenvalue weighted by molar-refractivity contribution is 5.28. The first kappa shape index (κ1) is 14.6. The number of hydrogen-bond acceptors (Lipinski definition) is 4. The van der Waals surface area contributed by atoms with Crippen molar-refractivity contribution < 1.29 is 13.2 Å². The molecular weight excluding hydrogens is 297 g/mol. The number of nitrogens with one attached hydrogen (secondary N) is 1. The minimum absolute atomic E-state index is 0.0437. The average molecular weight is 310 g/mol. The van der Waals surface area contributed by atoms with Gasteiger partial charge >= 0.3 is 0 Å². The zero-order valence-electron chi connectivity index (χ0n) is 11.5. The fourth-order valence-electron chi connectivity index (χ4n) is 2.56. The van der Waals surface area contributed by atoms with Gasteiger partial charge in [0.25, 0.3) is 5.56 Å². The van der Waals surface area contributed by atoms with E-state index in [0.29, 0.717) is 30.3 Å². The van der Waals surface area contributed by atoms with Crippen molar-refractivity contribution in [1.82, 2.24) is 14.9 Å². The van der Waals surface area contributed by atoms with Crippen LogP contribution in [-0.4, -0.2) is 21.4 Å². The van der Waals surface area contributed by atoms with Gasteiger partial charge in [-0.3, -0.25) is 14.7 Å². The summed E-state index contributed by atoms with van der Waals surface area (Å²) in [7, 11) is 0. The van der Waals surface area contributed by atoms with Gasteiger partial charge < -0.3 is 5.73 Å². The molecule has 0 saturated carbocycles. The zero-order chi connectivity index (χ0) is 15.9. The van der Waals surface area contributed by atoms with Crippen LogP contribution in [0.3, 0.4) is 0 Å². The average Bonchev–Trinajstić information content (AvgIpc) is 2.45. The minimum Gasteiger partial charge on any atom is -0.369 e. The number of nitrogens with zero attached hydrogens (tertiary/aromatic N) is 2. The molecule has 0 atom stereocenters. The molecule has 0 bridgehead atoms. The molecule has 0 fully saturated rings. The number of nitrogens with two attached hydrogens (primary N) is 1. The van der Waals surface area contributed by atoms with Crippen molar-refractivity contribution in [2.75, 3.05) is 12.3 Å². The first-order valence-electron chi connectivity index (χ1n) is 6.67. The van der Waals surface area contributed by atoms with Crippen LogP contribution in [0, 0.1) is 17.5 Å². The van der Waals surface area contributed by atoms with Crippen LogP contribution >= 0.6 is 0 Å². The molecule has 3 rings (SSSR count). The molecule has 1 aromatic carbocycles. The van der Waals surface area contributed by atoms with Crippen LogP contribution in [0.25, 0.3) is 0 Å². The normalized spacial score (nSPS) is 14.9. The van der Waals surface area contributed by atoms with Gasteiger partial charge in [-0.25, -0.2) is 18.2 Å². The summed E-state index contributed by atoms with van der Waals surface area (Å²) in [5, 5.41) is 0. The topological polar surface area (TPSA) is 75.0 Å². The summed E-state index contributed by atoms with van der Waals surface area (Å²) in [6.45, 7) is 0.837. The highest BCUT2D eigenvalue weighted by atomic mass is 19.2. The van der Waals surface area contributed by atoms with Crippen molar-refractivity contribution in [3.8, 4) is 0 Å². The summed E-state index contributed by atoms with van der Waals surface area (Å²) in [6.07, 6.45) is 0.481. The van der Waals surface area contributed by atoms with Crippen LogP contribution in [-0.2, 0) is 19.5 Å². The summed E-state index contributed by atoms with van der Waals surface area (Å²) in [4.78, 5) is 20.1. The Hall–Kier alpha value is -2.35. The molecule has 3 N–H and O–H groups in total. The van der Waals surface area contributed by atoms with E-state index in [0.717, 1.165) is 6.07 Å². The molecule has 5 nitrogen and oxygen atoms in total. The number of hydrogen-bond donors (Lipinski definition) is 2. The molecule has 0 amide bonds. The third-order valence-corrected chi connectivity index (χ3v) is 3.65. The SMILES string of the molecule is Nc1nc2c(c(=O)[nH]1)CN(Cc1cc(F)c(F)cc1F)CC2. The fraction of sp³-hybridized carbons (Fsp3) is 0.286. The molecule has 0 radical (unpaired) electrons. The quantitative estimate of drug-likeness (QED) is 0.821. The lowest BCUT2D eigenvalue weighted by Crippen LogP contribution is -2.35. The van der Waals surface area contributed by atoms with Crippen LogP contribution in [0.15, 0.2) is 16.9 Å². The number of halogens is 3. The maximum absolute atomic E-state index is 13.7. The van der Waals surface area contributed by atoms with Gasteiger partial charge in [0.05, 0.1) is 11.3 Å². The Balaban J connectivity index is 1.84. The molecular formula is C14H13F3N4O. The van der Waals surface area contributed by atoms with Crippen molar-refractivity contribution in [1.29, 1.82) is 0 Å². The standard InChI is InChI=1S/C14H13F3N4O/c15-9-4-11(17)10(16)3-7(9)5-21-2-1-12-8(6-21)13(22)20-14(18)19-12/h3-4H,1-2,5-6H2,(H3,18,19,20,22). The van der Waals surface area contributed by atoms with E-state index in [2.05, 4.69) is 9.97 Å². The van der Waals surface area contributed by atoms with E-state index in [1.165, 1.54) is 0 Å². The van der Waals surface area contributed by atoms with Gasteiger partial charge in [-0.2, -0.15) is 0 Å². The molecule has 0 unspecified atom stereocenters. The number of aromatic nitrogens is 2. The van der Waals surface area contributed by atoms with Crippen molar-refractivity contribution in [3.05, 3.63) is 56.8 Å². The van der Waals surface area contributed by atoms with Crippen LogP contribution in [0.5, 0.6) is 0 Å². The molecule has 0 aliphatic carbocycles. The van der Waals surface area contributed by atoms with Crippen molar-refractivity contribution in [3.63, 3.8) is 0 Å². The molecule has 2 aromatic rings. The first-order valence-corrected chi connectivity index (χ1v) is 6.67. The third kappa shape index (κ3) is 2.69. The molecule has 1 aromatic heterocycles. The number of H-pyrrole nitrogens is 1. The van der Waals surface area contributed by atoms with E-state index in [-0.39, 0.29) is 30.2 Å². The summed E-state index contributed by atoms with van der Waals surface area (Å²) in [5.41, 5.74) is 6.27. The number of anilines is 1. The number of benzene rings is 1. The van der Waals surface area contributed by atoms with Gasteiger partial charge in [0.15, 0.2) is 11.6 Å². The fourth-order valence-corrected chi connectivity index (χ4v) is 2.56. The number of aromatic amines is 1. The summed E-state index contributed by atoms with van der Waals surface area (Å²) in [5.74, 6) is -3.07. The number of rotatable bonds is 2. The van der Waals surface area contributed by atoms with Crippen LogP contribution < -0.4 is 11.3 Å². The maximum atomic E-state index is 13.7. The van der Waals surface area contributed by atoms with Crippen molar-refractivity contribution >= 4 is 5.95 Å². The first-order chi connectivity index (χ1) is 10.4. The van der Waals surface area contributed by atoms with E-state index >= 15 is 0 Å². The summed E-state index contributed by atoms with van der Waals surface area (Å²) >= 11 is 0. The van der Waals surface area contributed by atoms with Gasteiger partial charge in [-0.15, -0.1) is 0 Å². The summed E-state index contributed by atoms with van der Waals surface area (Å²) < 4.78 is 39.8. The second-order valence-corrected chi connectivity index (χ2v) is 5.19. The highest BCUT2D eigenvalue weighted by Crippen LogP contribution is 2.20. The number of nitrogen functional groups attached to an aromatic ring is 1. The smallest absolute Gasteiger partial charge is 0.257 e. The molecule has 2 heterocycles. The molecule has 0 spiro atoms. The molecule has 1 aliphatic rings. The molecule has 22 heavy (non-hydrogen) atoms. The Morgan fingerprint density at radius 2 is 1.95 bits per heavy atom. The monoisotopic (exact) mass is 310 g/mol. The van der Waals surface area contributed by atoms with Gasteiger partial charge in [0, 0.05) is 37.7 Å². The molecule has 0 saturated heterocycles. The largest absolute Gasteiger partial charge is 0.369 e. The second kappa shape index (κ2) is 5.45. The maximum Gasteiger partial charge on any atom is 0.257 e. The minimum atomic E-state index is -1.22.